The van der Waals surface area contributed by atoms with Crippen LogP contribution in [-0.4, -0.2) is 34.7 Å². The normalized spacial score (nSPS) is 15.6. The predicted molar refractivity (Wildman–Crippen MR) is 156 cm³/mol. The molecule has 2 aromatic heterocycles. The number of carbonyl (C=O) groups is 1. The Bertz CT molecular complexity index is 1790. The highest BCUT2D eigenvalue weighted by Gasteiger charge is 2.35. The van der Waals surface area contributed by atoms with Crippen LogP contribution in [0.1, 0.15) is 42.6 Å². The highest BCUT2D eigenvalue weighted by molar-refractivity contribution is 6.33. The lowest BCUT2D eigenvalue weighted by Crippen LogP contribution is -2.39. The number of amides is 1. The molecule has 7 nitrogen and oxygen atoms in total. The highest BCUT2D eigenvalue weighted by Crippen LogP contribution is 2.40. The number of aryl methyl sites for hydroxylation is 2. The molecule has 10 heteroatoms. The third-order valence-corrected chi connectivity index (χ3v) is 7.90. The second-order valence-corrected chi connectivity index (χ2v) is 10.9. The van der Waals surface area contributed by atoms with Crippen LogP contribution in [0.15, 0.2) is 59.1 Å². The zero-order valence-corrected chi connectivity index (χ0v) is 23.8. The van der Waals surface area contributed by atoms with Crippen LogP contribution in [-0.2, 0) is 4.79 Å². The smallest absolute Gasteiger partial charge is 0.227 e. The number of nitrogens with zero attached hydrogens (tertiary/aromatic N) is 5. The van der Waals surface area contributed by atoms with Crippen molar-refractivity contribution < 1.29 is 18.1 Å². The molecule has 0 aliphatic carbocycles. The molecule has 0 spiro atoms. The summed E-state index contributed by atoms with van der Waals surface area (Å²) >= 11 is 6.70. The van der Waals surface area contributed by atoms with Crippen molar-refractivity contribution in [1.82, 2.24) is 14.7 Å². The highest BCUT2D eigenvalue weighted by atomic mass is 35.5. The summed E-state index contributed by atoms with van der Waals surface area (Å²) < 4.78 is 35.5. The average molecular weight is 576 g/mol. The summed E-state index contributed by atoms with van der Waals surface area (Å²) in [5.74, 6) is -0.853. The summed E-state index contributed by atoms with van der Waals surface area (Å²) in [5.41, 5.74) is 6.01. The van der Waals surface area contributed by atoms with Gasteiger partial charge in [-0.15, -0.1) is 0 Å². The predicted octanol–water partition coefficient (Wildman–Crippen LogP) is 7.55. The molecule has 1 aliphatic rings. The summed E-state index contributed by atoms with van der Waals surface area (Å²) in [5, 5.41) is 4.65. The first-order valence-electron chi connectivity index (χ1n) is 13.3. The van der Waals surface area contributed by atoms with Crippen LogP contribution in [0.2, 0.25) is 5.02 Å². The number of benzene rings is 3. The maximum atomic E-state index is 14.3. The number of rotatable bonds is 5. The van der Waals surface area contributed by atoms with Crippen LogP contribution in [0.25, 0.3) is 27.8 Å². The fraction of sp³-hybridized carbons (Fsp3) is 0.258. The van der Waals surface area contributed by atoms with Crippen molar-refractivity contribution in [3.05, 3.63) is 88.5 Å². The monoisotopic (exact) mass is 575 g/mol. The Labute approximate surface area is 240 Å². The second-order valence-electron chi connectivity index (χ2n) is 10.5. The van der Waals surface area contributed by atoms with E-state index in [9.17, 15) is 13.6 Å². The summed E-state index contributed by atoms with van der Waals surface area (Å²) in [6, 6.07) is 14.7. The lowest BCUT2D eigenvalue weighted by Gasteiger charge is -2.35. The van der Waals surface area contributed by atoms with E-state index < -0.39 is 17.7 Å². The molecule has 3 aromatic carbocycles. The number of piperidine rings is 1. The SMILES string of the molecule is Cc1noc(C)c1-c1ccc2c(c1)nc([C@@H]1CCCC(=O)N1c1ccc(F)c(F)c1)n2-c1ccc(N(C)C)c(Cl)c1. The number of hydrogen-bond acceptors (Lipinski definition) is 5. The first-order valence-corrected chi connectivity index (χ1v) is 13.7. The Kier molecular flexibility index (Phi) is 6.77. The van der Waals surface area contributed by atoms with Crippen LogP contribution in [0.4, 0.5) is 20.2 Å². The Morgan fingerprint density at radius 2 is 1.78 bits per heavy atom. The van der Waals surface area contributed by atoms with Crippen LogP contribution in [0.3, 0.4) is 0 Å². The number of imidazole rings is 1. The summed E-state index contributed by atoms with van der Waals surface area (Å²) in [6.45, 7) is 3.76. The fourth-order valence-corrected chi connectivity index (χ4v) is 6.06. The van der Waals surface area contributed by atoms with Crippen molar-refractivity contribution in [2.75, 3.05) is 23.9 Å². The van der Waals surface area contributed by atoms with E-state index in [-0.39, 0.29) is 11.6 Å². The molecule has 0 bridgehead atoms. The standard InChI is InChI=1S/C31H28ClF2N5O2/c1-17-30(18(2)41-36-17)19-8-12-27-25(14-19)35-31(39(27)20-10-13-26(37(3)4)22(32)15-20)28-6-5-7-29(40)38(28)21-9-11-23(33)24(34)16-21/h8-16,28H,5-7H2,1-4H3/t28-/m0/s1. The quantitative estimate of drug-likeness (QED) is 0.216. The van der Waals surface area contributed by atoms with Gasteiger partial charge < -0.3 is 14.3 Å². The van der Waals surface area contributed by atoms with Gasteiger partial charge in [-0.1, -0.05) is 22.8 Å². The molecule has 210 valence electrons. The Balaban J connectivity index is 1.58. The molecular formula is C31H28ClF2N5O2. The fourth-order valence-electron chi connectivity index (χ4n) is 5.72. The van der Waals surface area contributed by atoms with Crippen molar-refractivity contribution in [2.24, 2.45) is 0 Å². The van der Waals surface area contributed by atoms with E-state index in [1.165, 1.54) is 11.0 Å². The molecule has 0 radical (unpaired) electrons. The van der Waals surface area contributed by atoms with Crippen molar-refractivity contribution >= 4 is 39.9 Å². The minimum atomic E-state index is -1.01. The molecule has 0 N–H and O–H groups in total. The van der Waals surface area contributed by atoms with E-state index in [2.05, 4.69) is 5.16 Å². The minimum absolute atomic E-state index is 0.178. The molecule has 6 rings (SSSR count). The maximum Gasteiger partial charge on any atom is 0.227 e. The first kappa shape index (κ1) is 27.0. The van der Waals surface area contributed by atoms with E-state index in [1.807, 2.05) is 73.8 Å². The third-order valence-electron chi connectivity index (χ3n) is 7.60. The van der Waals surface area contributed by atoms with Gasteiger partial charge in [-0.05, 0) is 74.7 Å². The third kappa shape index (κ3) is 4.64. The van der Waals surface area contributed by atoms with Gasteiger partial charge in [-0.2, -0.15) is 0 Å². The van der Waals surface area contributed by atoms with Gasteiger partial charge in [0, 0.05) is 43.5 Å². The number of hydrogen-bond donors (Lipinski definition) is 0. The summed E-state index contributed by atoms with van der Waals surface area (Å²) in [6.07, 6.45) is 1.53. The van der Waals surface area contributed by atoms with Crippen molar-refractivity contribution in [3.63, 3.8) is 0 Å². The number of halogens is 3. The van der Waals surface area contributed by atoms with Gasteiger partial charge in [0.1, 0.15) is 11.6 Å². The van der Waals surface area contributed by atoms with Crippen LogP contribution in [0.5, 0.6) is 0 Å². The minimum Gasteiger partial charge on any atom is -0.376 e. The Morgan fingerprint density at radius 3 is 2.46 bits per heavy atom. The van der Waals surface area contributed by atoms with Crippen LogP contribution < -0.4 is 9.80 Å². The van der Waals surface area contributed by atoms with Crippen molar-refractivity contribution in [2.45, 2.75) is 39.2 Å². The van der Waals surface area contributed by atoms with E-state index in [0.29, 0.717) is 41.4 Å². The van der Waals surface area contributed by atoms with Gasteiger partial charge in [0.25, 0.3) is 0 Å². The molecule has 3 heterocycles. The second kappa shape index (κ2) is 10.3. The maximum absolute atomic E-state index is 14.3. The summed E-state index contributed by atoms with van der Waals surface area (Å²) in [7, 11) is 3.84. The number of carbonyl (C=O) groups excluding carboxylic acids is 1. The molecule has 41 heavy (non-hydrogen) atoms. The van der Waals surface area contributed by atoms with E-state index in [1.54, 1.807) is 0 Å². The number of anilines is 2. The van der Waals surface area contributed by atoms with Gasteiger partial charge in [-0.3, -0.25) is 9.36 Å². The molecule has 1 aliphatic heterocycles. The van der Waals surface area contributed by atoms with E-state index >= 15 is 0 Å². The van der Waals surface area contributed by atoms with Crippen LogP contribution in [0, 0.1) is 25.5 Å². The first-order chi connectivity index (χ1) is 19.6. The molecule has 0 saturated carbocycles. The lowest BCUT2D eigenvalue weighted by atomic mass is 9.99. The van der Waals surface area contributed by atoms with Crippen molar-refractivity contribution in [1.29, 1.82) is 0 Å². The molecule has 1 saturated heterocycles. The zero-order valence-electron chi connectivity index (χ0n) is 23.1. The van der Waals surface area contributed by atoms with Gasteiger partial charge in [0.15, 0.2) is 11.6 Å². The molecule has 5 aromatic rings. The topological polar surface area (TPSA) is 67.4 Å². The molecule has 1 amide bonds. The van der Waals surface area contributed by atoms with Crippen LogP contribution >= 0.6 is 11.6 Å². The number of aromatic nitrogens is 3. The Morgan fingerprint density at radius 1 is 1.00 bits per heavy atom. The molecular weight excluding hydrogens is 548 g/mol. The van der Waals surface area contributed by atoms with E-state index in [4.69, 9.17) is 21.1 Å². The molecule has 0 unspecified atom stereocenters. The van der Waals surface area contributed by atoms with Gasteiger partial charge >= 0.3 is 0 Å². The van der Waals surface area contributed by atoms with Crippen molar-refractivity contribution in [3.8, 4) is 16.8 Å². The Hall–Kier alpha value is -4.24. The van der Waals surface area contributed by atoms with E-state index in [0.717, 1.165) is 45.8 Å². The van der Waals surface area contributed by atoms with Gasteiger partial charge in [0.05, 0.1) is 33.5 Å². The zero-order chi connectivity index (χ0) is 29.0. The lowest BCUT2D eigenvalue weighted by molar-refractivity contribution is -0.120. The van der Waals surface area contributed by atoms with Gasteiger partial charge in [0.2, 0.25) is 5.91 Å². The average Bonchev–Trinajstić information content (AvgIpc) is 3.48. The largest absolute Gasteiger partial charge is 0.376 e. The molecule has 1 fully saturated rings. The number of fused-ring (bicyclic) bond motifs is 1. The summed E-state index contributed by atoms with van der Waals surface area (Å²) in [4.78, 5) is 21.9. The molecule has 1 atom stereocenters. The van der Waals surface area contributed by atoms with Gasteiger partial charge in [-0.25, -0.2) is 13.8 Å².